The summed E-state index contributed by atoms with van der Waals surface area (Å²) >= 11 is 0. The Morgan fingerprint density at radius 3 is 2.61 bits per heavy atom. The van der Waals surface area contributed by atoms with Gasteiger partial charge in [0.15, 0.2) is 0 Å². The second-order valence-electron chi connectivity index (χ2n) is 9.88. The minimum absolute atomic E-state index is 0.0696. The minimum atomic E-state index is -0.483. The van der Waals surface area contributed by atoms with Crippen molar-refractivity contribution in [2.75, 3.05) is 13.2 Å². The number of hydrogen-bond donors (Lipinski definition) is 2. The minimum Gasteiger partial charge on any atom is -0.396 e. The number of rotatable bonds is 7. The number of fused-ring (bicyclic) bond motifs is 3. The van der Waals surface area contributed by atoms with Gasteiger partial charge in [0.05, 0.1) is 18.1 Å². The van der Waals surface area contributed by atoms with E-state index in [-0.39, 0.29) is 47.8 Å². The number of aliphatic hydroxyl groups excluding tert-OH is 1. The van der Waals surface area contributed by atoms with Crippen LogP contribution in [0.2, 0.25) is 0 Å². The Kier molecular flexibility index (Phi) is 6.77. The molecular formula is C29H32FN3O3. The SMILES string of the molecule is CCCN1[C@H](C(=O)N[C@@H](C)c2ccccc2)[C@@H](CO)[C@@H]2Cn3c(ccc(-c4cccc(F)c4)c3=O)[C@@H]21. The van der Waals surface area contributed by atoms with Crippen molar-refractivity contribution in [1.29, 1.82) is 0 Å². The largest absolute Gasteiger partial charge is 0.396 e. The molecule has 2 aliphatic rings. The van der Waals surface area contributed by atoms with Gasteiger partial charge in [-0.2, -0.15) is 0 Å². The highest BCUT2D eigenvalue weighted by Gasteiger charge is 2.55. The Bertz CT molecular complexity index is 1310. The molecule has 2 aliphatic heterocycles. The summed E-state index contributed by atoms with van der Waals surface area (Å²) in [5.41, 5.74) is 2.70. The lowest BCUT2D eigenvalue weighted by molar-refractivity contribution is -0.128. The normalized spacial score (nSPS) is 23.8. The Morgan fingerprint density at radius 1 is 1.14 bits per heavy atom. The quantitative estimate of drug-likeness (QED) is 0.528. The molecule has 2 aromatic carbocycles. The van der Waals surface area contributed by atoms with Gasteiger partial charge in [-0.25, -0.2) is 4.39 Å². The molecule has 0 spiro atoms. The van der Waals surface area contributed by atoms with E-state index in [1.807, 2.05) is 43.3 Å². The number of hydrogen-bond acceptors (Lipinski definition) is 4. The average molecular weight is 490 g/mol. The fourth-order valence-corrected chi connectivity index (χ4v) is 6.12. The number of carbonyl (C=O) groups is 1. The van der Waals surface area contributed by atoms with Crippen LogP contribution in [0.4, 0.5) is 4.39 Å². The van der Waals surface area contributed by atoms with Crippen LogP contribution in [-0.4, -0.2) is 39.7 Å². The number of aliphatic hydroxyl groups is 1. The standard InChI is InChI=1S/C29H32FN3O3/c1-3-14-32-26-23(24(17-34)27(32)28(35)31-18(2)19-8-5-4-6-9-19)16-33-25(26)13-12-22(29(33)36)20-10-7-11-21(30)15-20/h4-13,15,18,23-24,26-27,34H,3,14,16-17H2,1-2H3,(H,31,35)/t18-,23-,24-,26+,27-/m0/s1. The zero-order valence-corrected chi connectivity index (χ0v) is 20.6. The Balaban J connectivity index is 1.48. The average Bonchev–Trinajstić information content (AvgIpc) is 3.40. The summed E-state index contributed by atoms with van der Waals surface area (Å²) in [6.45, 7) is 4.99. The molecule has 0 radical (unpaired) electrons. The molecule has 1 fully saturated rings. The van der Waals surface area contributed by atoms with E-state index in [4.69, 9.17) is 0 Å². The number of aromatic nitrogens is 1. The van der Waals surface area contributed by atoms with E-state index in [9.17, 15) is 19.1 Å². The molecule has 7 heteroatoms. The van der Waals surface area contributed by atoms with Gasteiger partial charge in [0.1, 0.15) is 5.82 Å². The summed E-state index contributed by atoms with van der Waals surface area (Å²) < 4.78 is 15.6. The van der Waals surface area contributed by atoms with Crippen LogP contribution in [0.15, 0.2) is 71.5 Å². The van der Waals surface area contributed by atoms with Gasteiger partial charge in [-0.1, -0.05) is 49.4 Å². The highest BCUT2D eigenvalue weighted by molar-refractivity contribution is 5.83. The lowest BCUT2D eigenvalue weighted by atomic mass is 9.88. The van der Waals surface area contributed by atoms with Gasteiger partial charge in [0, 0.05) is 36.2 Å². The molecule has 0 aliphatic carbocycles. The molecule has 36 heavy (non-hydrogen) atoms. The lowest BCUT2D eigenvalue weighted by Crippen LogP contribution is -2.49. The lowest BCUT2D eigenvalue weighted by Gasteiger charge is -2.31. The van der Waals surface area contributed by atoms with Crippen LogP contribution in [0.1, 0.15) is 43.6 Å². The Labute approximate surface area is 210 Å². The zero-order chi connectivity index (χ0) is 25.4. The highest BCUT2D eigenvalue weighted by atomic mass is 19.1. The first-order valence-electron chi connectivity index (χ1n) is 12.7. The van der Waals surface area contributed by atoms with E-state index in [1.165, 1.54) is 12.1 Å². The van der Waals surface area contributed by atoms with Gasteiger partial charge in [-0.05, 0) is 55.3 Å². The Hall–Kier alpha value is -3.29. The second-order valence-corrected chi connectivity index (χ2v) is 9.88. The molecule has 3 heterocycles. The van der Waals surface area contributed by atoms with Gasteiger partial charge in [0.25, 0.3) is 5.56 Å². The predicted octanol–water partition coefficient (Wildman–Crippen LogP) is 3.91. The van der Waals surface area contributed by atoms with Gasteiger partial charge in [-0.15, -0.1) is 0 Å². The van der Waals surface area contributed by atoms with Crippen molar-refractivity contribution in [2.24, 2.45) is 11.8 Å². The van der Waals surface area contributed by atoms with Crippen LogP contribution in [0.25, 0.3) is 11.1 Å². The smallest absolute Gasteiger partial charge is 0.258 e. The molecule has 1 aromatic heterocycles. The van der Waals surface area contributed by atoms with E-state index < -0.39 is 6.04 Å². The topological polar surface area (TPSA) is 74.6 Å². The van der Waals surface area contributed by atoms with Crippen molar-refractivity contribution in [3.8, 4) is 11.1 Å². The number of amides is 1. The first-order valence-corrected chi connectivity index (χ1v) is 12.7. The molecule has 1 saturated heterocycles. The van der Waals surface area contributed by atoms with Crippen molar-refractivity contribution in [2.45, 2.75) is 44.9 Å². The summed E-state index contributed by atoms with van der Waals surface area (Å²) in [6.07, 6.45) is 0.838. The fourth-order valence-electron chi connectivity index (χ4n) is 6.12. The summed E-state index contributed by atoms with van der Waals surface area (Å²) in [5, 5.41) is 13.6. The number of pyridine rings is 1. The van der Waals surface area contributed by atoms with Crippen LogP contribution in [0.3, 0.4) is 0 Å². The summed E-state index contributed by atoms with van der Waals surface area (Å²) in [4.78, 5) is 29.2. The third kappa shape index (κ3) is 4.16. The van der Waals surface area contributed by atoms with Crippen molar-refractivity contribution < 1.29 is 14.3 Å². The maximum absolute atomic E-state index is 13.8. The molecule has 6 nitrogen and oxygen atoms in total. The number of benzene rings is 2. The third-order valence-electron chi connectivity index (χ3n) is 7.74. The van der Waals surface area contributed by atoms with E-state index in [2.05, 4.69) is 17.1 Å². The zero-order valence-electron chi connectivity index (χ0n) is 20.6. The van der Waals surface area contributed by atoms with Crippen molar-refractivity contribution in [1.82, 2.24) is 14.8 Å². The molecule has 2 N–H and O–H groups in total. The molecule has 3 aromatic rings. The number of carbonyl (C=O) groups excluding carboxylic acids is 1. The Morgan fingerprint density at radius 2 is 1.92 bits per heavy atom. The van der Waals surface area contributed by atoms with Crippen LogP contribution >= 0.6 is 0 Å². The van der Waals surface area contributed by atoms with E-state index in [0.717, 1.165) is 17.7 Å². The van der Waals surface area contributed by atoms with Gasteiger partial charge in [0.2, 0.25) is 5.91 Å². The molecule has 0 saturated carbocycles. The summed E-state index contributed by atoms with van der Waals surface area (Å²) in [6, 6.07) is 18.8. The molecule has 5 atom stereocenters. The van der Waals surface area contributed by atoms with Crippen LogP contribution < -0.4 is 10.9 Å². The molecule has 5 rings (SSSR count). The predicted molar refractivity (Wildman–Crippen MR) is 137 cm³/mol. The van der Waals surface area contributed by atoms with Crippen molar-refractivity contribution in [3.05, 3.63) is 94.2 Å². The second kappa shape index (κ2) is 9.99. The van der Waals surface area contributed by atoms with Crippen LogP contribution in [0.5, 0.6) is 0 Å². The molecule has 1 amide bonds. The maximum Gasteiger partial charge on any atom is 0.258 e. The molecule has 0 bridgehead atoms. The highest BCUT2D eigenvalue weighted by Crippen LogP contribution is 2.49. The molecule has 188 valence electrons. The van der Waals surface area contributed by atoms with E-state index in [0.29, 0.717) is 24.2 Å². The van der Waals surface area contributed by atoms with Gasteiger partial charge in [-0.3, -0.25) is 14.5 Å². The molecule has 0 unspecified atom stereocenters. The van der Waals surface area contributed by atoms with Crippen molar-refractivity contribution >= 4 is 5.91 Å². The van der Waals surface area contributed by atoms with Gasteiger partial charge < -0.3 is 15.0 Å². The first-order chi connectivity index (χ1) is 17.4. The van der Waals surface area contributed by atoms with Gasteiger partial charge >= 0.3 is 0 Å². The number of halogens is 1. The summed E-state index contributed by atoms with van der Waals surface area (Å²) in [5.74, 6) is -0.859. The maximum atomic E-state index is 13.8. The van der Waals surface area contributed by atoms with E-state index in [1.54, 1.807) is 22.8 Å². The monoisotopic (exact) mass is 489 g/mol. The number of likely N-dealkylation sites (tertiary alicyclic amines) is 1. The first kappa shape index (κ1) is 24.4. The van der Waals surface area contributed by atoms with Crippen molar-refractivity contribution in [3.63, 3.8) is 0 Å². The van der Waals surface area contributed by atoms with Crippen LogP contribution in [-0.2, 0) is 11.3 Å². The van der Waals surface area contributed by atoms with E-state index >= 15 is 0 Å². The summed E-state index contributed by atoms with van der Waals surface area (Å²) in [7, 11) is 0. The molecular weight excluding hydrogens is 457 g/mol. The number of nitrogens with one attached hydrogen (secondary N) is 1. The van der Waals surface area contributed by atoms with Crippen LogP contribution in [0, 0.1) is 17.7 Å². The third-order valence-corrected chi connectivity index (χ3v) is 7.74. The number of nitrogens with zero attached hydrogens (tertiary/aromatic N) is 2. The fraction of sp³-hybridized carbons (Fsp3) is 0.379.